The molecule has 2 rings (SSSR count). The van der Waals surface area contributed by atoms with Crippen molar-refractivity contribution in [2.75, 3.05) is 0 Å². The molecule has 3 nitrogen and oxygen atoms in total. The van der Waals surface area contributed by atoms with Crippen LogP contribution in [0.15, 0.2) is 22.6 Å². The Balaban J connectivity index is 2.37. The Morgan fingerprint density at radius 3 is 2.88 bits per heavy atom. The highest BCUT2D eigenvalue weighted by atomic mass is 79.9. The minimum atomic E-state index is -0.477. The van der Waals surface area contributed by atoms with Crippen LogP contribution in [0.4, 0.5) is 4.39 Å². The summed E-state index contributed by atoms with van der Waals surface area (Å²) in [5.74, 6) is 0.124. The maximum Gasteiger partial charge on any atom is 0.250 e. The summed E-state index contributed by atoms with van der Waals surface area (Å²) >= 11 is 9.06. The molecule has 0 amide bonds. The summed E-state index contributed by atoms with van der Waals surface area (Å²) in [6.07, 6.45) is 0.810. The molecule has 90 valence electrons. The van der Waals surface area contributed by atoms with Crippen LogP contribution in [0, 0.1) is 5.82 Å². The monoisotopic (exact) mass is 318 g/mol. The number of benzene rings is 1. The molecule has 0 aliphatic rings. The topological polar surface area (TPSA) is 38.9 Å². The van der Waals surface area contributed by atoms with E-state index in [9.17, 15) is 4.39 Å². The first kappa shape index (κ1) is 12.5. The molecule has 17 heavy (non-hydrogen) atoms. The summed E-state index contributed by atoms with van der Waals surface area (Å²) in [5.41, 5.74) is 0.254. The van der Waals surface area contributed by atoms with Crippen molar-refractivity contribution in [1.29, 1.82) is 0 Å². The molecule has 0 bridgehead atoms. The maximum atomic E-state index is 13.6. The van der Waals surface area contributed by atoms with Crippen molar-refractivity contribution >= 4 is 27.5 Å². The average molecular weight is 320 g/mol. The molecule has 0 aliphatic heterocycles. The third-order valence-corrected chi connectivity index (χ3v) is 3.50. The van der Waals surface area contributed by atoms with Crippen molar-refractivity contribution in [3.8, 4) is 11.5 Å². The third-order valence-electron chi connectivity index (χ3n) is 2.23. The molecule has 6 heteroatoms. The molecule has 1 heterocycles. The SMILES string of the molecule is CCC(Br)c1nnc(-c2ccc(Cl)cc2F)o1. The third kappa shape index (κ3) is 2.66. The molecule has 0 aliphatic carbocycles. The van der Waals surface area contributed by atoms with E-state index in [-0.39, 0.29) is 16.3 Å². The van der Waals surface area contributed by atoms with E-state index in [4.69, 9.17) is 16.0 Å². The lowest BCUT2D eigenvalue weighted by Crippen LogP contribution is -1.86. The Morgan fingerprint density at radius 1 is 1.47 bits per heavy atom. The first-order valence-electron chi connectivity index (χ1n) is 5.04. The summed E-state index contributed by atoms with van der Waals surface area (Å²) in [7, 11) is 0. The molecule has 0 spiro atoms. The zero-order valence-corrected chi connectivity index (χ0v) is 11.3. The van der Waals surface area contributed by atoms with E-state index in [1.807, 2.05) is 6.92 Å². The van der Waals surface area contributed by atoms with Gasteiger partial charge in [-0.2, -0.15) is 0 Å². The Kier molecular flexibility index (Phi) is 3.79. The standard InChI is InChI=1S/C11H9BrClFN2O/c1-2-8(12)11-16-15-10(17-11)7-4-3-6(13)5-9(7)14/h3-5,8H,2H2,1H3. The quantitative estimate of drug-likeness (QED) is 0.788. The van der Waals surface area contributed by atoms with Gasteiger partial charge in [0.2, 0.25) is 5.89 Å². The number of hydrogen-bond donors (Lipinski definition) is 0. The number of alkyl halides is 1. The first-order valence-corrected chi connectivity index (χ1v) is 6.34. The fraction of sp³-hybridized carbons (Fsp3) is 0.273. The molecule has 1 aromatic heterocycles. The van der Waals surface area contributed by atoms with Gasteiger partial charge in [-0.3, -0.25) is 0 Å². The predicted octanol–water partition coefficient (Wildman–Crippen LogP) is 4.38. The minimum Gasteiger partial charge on any atom is -0.419 e. The fourth-order valence-corrected chi connectivity index (χ4v) is 1.65. The van der Waals surface area contributed by atoms with Crippen LogP contribution in [0.1, 0.15) is 24.1 Å². The van der Waals surface area contributed by atoms with Crippen LogP contribution in [0.3, 0.4) is 0 Å². The molecular weight excluding hydrogens is 310 g/mol. The van der Waals surface area contributed by atoms with Crippen LogP contribution >= 0.6 is 27.5 Å². The lowest BCUT2D eigenvalue weighted by molar-refractivity contribution is 0.496. The second-order valence-corrected chi connectivity index (χ2v) is 4.99. The molecular formula is C11H9BrClFN2O. The second-order valence-electron chi connectivity index (χ2n) is 3.45. The summed E-state index contributed by atoms with van der Waals surface area (Å²) in [4.78, 5) is -0.0147. The van der Waals surface area contributed by atoms with E-state index in [0.717, 1.165) is 6.42 Å². The highest BCUT2D eigenvalue weighted by Gasteiger charge is 2.17. The van der Waals surface area contributed by atoms with Gasteiger partial charge in [-0.1, -0.05) is 34.5 Å². The van der Waals surface area contributed by atoms with Gasteiger partial charge in [0.15, 0.2) is 0 Å². The van der Waals surface area contributed by atoms with Crippen LogP contribution in [0.2, 0.25) is 5.02 Å². The van der Waals surface area contributed by atoms with Crippen molar-refractivity contribution in [1.82, 2.24) is 10.2 Å². The summed E-state index contributed by atoms with van der Waals surface area (Å²) in [6.45, 7) is 1.98. The van der Waals surface area contributed by atoms with Crippen LogP contribution in [0.25, 0.3) is 11.5 Å². The lowest BCUT2D eigenvalue weighted by atomic mass is 10.2. The molecule has 1 aromatic carbocycles. The largest absolute Gasteiger partial charge is 0.419 e. The number of halogens is 3. The second kappa shape index (κ2) is 5.14. The van der Waals surface area contributed by atoms with E-state index < -0.39 is 5.82 Å². The summed E-state index contributed by atoms with van der Waals surface area (Å²) in [6, 6.07) is 4.31. The van der Waals surface area contributed by atoms with E-state index in [1.165, 1.54) is 12.1 Å². The molecule has 0 radical (unpaired) electrons. The summed E-state index contributed by atoms with van der Waals surface area (Å²) in [5, 5.41) is 8.01. The molecule has 2 aromatic rings. The molecule has 1 atom stereocenters. The van der Waals surface area contributed by atoms with Gasteiger partial charge < -0.3 is 4.42 Å². The fourth-order valence-electron chi connectivity index (χ4n) is 1.31. The van der Waals surface area contributed by atoms with Gasteiger partial charge in [-0.25, -0.2) is 4.39 Å². The highest BCUT2D eigenvalue weighted by Crippen LogP contribution is 2.29. The van der Waals surface area contributed by atoms with E-state index in [2.05, 4.69) is 26.1 Å². The van der Waals surface area contributed by atoms with E-state index in [1.54, 1.807) is 6.07 Å². The molecule has 1 unspecified atom stereocenters. The molecule has 0 saturated carbocycles. The van der Waals surface area contributed by atoms with Crippen molar-refractivity contribution in [3.63, 3.8) is 0 Å². The van der Waals surface area contributed by atoms with Crippen molar-refractivity contribution in [3.05, 3.63) is 34.9 Å². The Morgan fingerprint density at radius 2 is 2.24 bits per heavy atom. The molecule has 0 saturated heterocycles. The van der Waals surface area contributed by atoms with Crippen molar-refractivity contribution < 1.29 is 8.81 Å². The van der Waals surface area contributed by atoms with Crippen molar-refractivity contribution in [2.45, 2.75) is 18.2 Å². The van der Waals surface area contributed by atoms with Gasteiger partial charge in [-0.15, -0.1) is 10.2 Å². The van der Waals surface area contributed by atoms with Crippen molar-refractivity contribution in [2.24, 2.45) is 0 Å². The molecule has 0 N–H and O–H groups in total. The highest BCUT2D eigenvalue weighted by molar-refractivity contribution is 9.09. The van der Waals surface area contributed by atoms with Gasteiger partial charge in [0.25, 0.3) is 5.89 Å². The lowest BCUT2D eigenvalue weighted by Gasteiger charge is -1.99. The normalized spacial score (nSPS) is 12.7. The zero-order chi connectivity index (χ0) is 12.4. The van der Waals surface area contributed by atoms with Crippen LogP contribution in [-0.4, -0.2) is 10.2 Å². The van der Waals surface area contributed by atoms with Crippen LogP contribution in [0.5, 0.6) is 0 Å². The zero-order valence-electron chi connectivity index (χ0n) is 8.95. The average Bonchev–Trinajstić information content (AvgIpc) is 2.77. The van der Waals surface area contributed by atoms with E-state index in [0.29, 0.717) is 10.9 Å². The maximum absolute atomic E-state index is 13.6. The number of rotatable bonds is 3. The smallest absolute Gasteiger partial charge is 0.250 e. The van der Waals surface area contributed by atoms with Gasteiger partial charge in [0.1, 0.15) is 5.82 Å². The number of aromatic nitrogens is 2. The van der Waals surface area contributed by atoms with Crippen LogP contribution < -0.4 is 0 Å². The van der Waals surface area contributed by atoms with Gasteiger partial charge in [0, 0.05) is 5.02 Å². The Bertz CT molecular complexity index is 532. The Labute approximate surface area is 111 Å². The summed E-state index contributed by atoms with van der Waals surface area (Å²) < 4.78 is 19.0. The molecule has 0 fully saturated rings. The van der Waals surface area contributed by atoms with E-state index >= 15 is 0 Å². The number of nitrogens with zero attached hydrogens (tertiary/aromatic N) is 2. The van der Waals surface area contributed by atoms with Gasteiger partial charge in [0.05, 0.1) is 10.4 Å². The minimum absolute atomic E-state index is 0.0147. The number of hydrogen-bond acceptors (Lipinski definition) is 3. The Hall–Kier alpha value is -0.940. The predicted molar refractivity (Wildman–Crippen MR) is 66.7 cm³/mol. The van der Waals surface area contributed by atoms with Gasteiger partial charge >= 0.3 is 0 Å². The van der Waals surface area contributed by atoms with Crippen LogP contribution in [-0.2, 0) is 0 Å². The van der Waals surface area contributed by atoms with Gasteiger partial charge in [-0.05, 0) is 24.6 Å². The first-order chi connectivity index (χ1) is 8.11.